The minimum absolute atomic E-state index is 0.157. The van der Waals surface area contributed by atoms with E-state index < -0.39 is 21.3 Å². The van der Waals surface area contributed by atoms with E-state index in [9.17, 15) is 13.2 Å². The zero-order chi connectivity index (χ0) is 21.9. The lowest BCUT2D eigenvalue weighted by atomic mass is 9.94. The third kappa shape index (κ3) is 5.15. The fourth-order valence-corrected chi connectivity index (χ4v) is 4.51. The number of sulfone groups is 1. The zero-order valence-corrected chi connectivity index (χ0v) is 19.6. The molecule has 1 heterocycles. The molecule has 1 aromatic heterocycles. The molecule has 0 aliphatic heterocycles. The number of nitrogens with zero attached hydrogens (tertiary/aromatic N) is 1. The third-order valence-corrected chi connectivity index (χ3v) is 7.25. The summed E-state index contributed by atoms with van der Waals surface area (Å²) < 4.78 is 30.2. The smallest absolute Gasteiger partial charge is 0.274 e. The van der Waals surface area contributed by atoms with E-state index in [0.29, 0.717) is 20.8 Å². The van der Waals surface area contributed by atoms with E-state index in [0.717, 1.165) is 22.5 Å². The average Bonchev–Trinajstić information content (AvgIpc) is 3.12. The summed E-state index contributed by atoms with van der Waals surface area (Å²) in [5.41, 5.74) is -0.960. The maximum atomic E-state index is 13.2. The molecule has 1 N–H and O–H groups in total. The molecule has 1 amide bonds. The van der Waals surface area contributed by atoms with Gasteiger partial charge in [0, 0.05) is 16.7 Å². The van der Waals surface area contributed by atoms with Gasteiger partial charge < -0.3 is 4.74 Å². The Morgan fingerprint density at radius 3 is 2.30 bits per heavy atom. The highest BCUT2D eigenvalue weighted by Gasteiger charge is 2.38. The van der Waals surface area contributed by atoms with Gasteiger partial charge in [0.25, 0.3) is 5.91 Å². The quantitative estimate of drug-likeness (QED) is 0.484. The van der Waals surface area contributed by atoms with Gasteiger partial charge in [-0.25, -0.2) is 13.4 Å². The Kier molecular flexibility index (Phi) is 6.76. The second-order valence-corrected chi connectivity index (χ2v) is 11.1. The number of hydrogen-bond donors (Lipinski definition) is 1. The van der Waals surface area contributed by atoms with E-state index in [4.69, 9.17) is 16.3 Å². The van der Waals surface area contributed by atoms with E-state index in [1.807, 2.05) is 18.4 Å². The SMILES string of the molecule is CSc1ccc(OC(C)(C(=O)Nc2ncc(Cl)s2)c2ccc(S(C)(=O)=O)cc2)cc1. The van der Waals surface area contributed by atoms with Crippen molar-refractivity contribution in [1.82, 2.24) is 4.98 Å². The summed E-state index contributed by atoms with van der Waals surface area (Å²) in [4.78, 5) is 18.5. The van der Waals surface area contributed by atoms with Crippen LogP contribution < -0.4 is 10.1 Å². The number of halogens is 1. The van der Waals surface area contributed by atoms with Crippen LogP contribution in [0.5, 0.6) is 5.75 Å². The number of thiazole rings is 1. The van der Waals surface area contributed by atoms with Gasteiger partial charge in [-0.3, -0.25) is 10.1 Å². The topological polar surface area (TPSA) is 85.4 Å². The minimum atomic E-state index is -3.36. The van der Waals surface area contributed by atoms with Crippen LogP contribution in [0.3, 0.4) is 0 Å². The van der Waals surface area contributed by atoms with Crippen molar-refractivity contribution >= 4 is 55.6 Å². The molecule has 1 unspecified atom stereocenters. The number of thioether (sulfide) groups is 1. The third-order valence-electron chi connectivity index (χ3n) is 4.35. The van der Waals surface area contributed by atoms with Gasteiger partial charge in [0.2, 0.25) is 5.60 Å². The number of nitrogens with one attached hydrogen (secondary N) is 1. The van der Waals surface area contributed by atoms with Crippen LogP contribution in [0.25, 0.3) is 0 Å². The molecule has 158 valence electrons. The van der Waals surface area contributed by atoms with Crippen molar-refractivity contribution in [3.63, 3.8) is 0 Å². The summed E-state index contributed by atoms with van der Waals surface area (Å²) in [6, 6.07) is 13.4. The largest absolute Gasteiger partial charge is 0.473 e. The Hall–Kier alpha value is -2.07. The van der Waals surface area contributed by atoms with Crippen molar-refractivity contribution in [2.24, 2.45) is 0 Å². The molecular formula is C20H19ClN2O4S3. The molecule has 30 heavy (non-hydrogen) atoms. The number of benzene rings is 2. The number of aromatic nitrogens is 1. The van der Waals surface area contributed by atoms with E-state index in [1.54, 1.807) is 43.0 Å². The van der Waals surface area contributed by atoms with Gasteiger partial charge in [-0.15, -0.1) is 11.8 Å². The molecule has 0 aliphatic carbocycles. The van der Waals surface area contributed by atoms with Gasteiger partial charge in [-0.2, -0.15) is 0 Å². The Balaban J connectivity index is 1.98. The molecule has 0 spiro atoms. The fourth-order valence-electron chi connectivity index (χ4n) is 2.66. The highest BCUT2D eigenvalue weighted by Crippen LogP contribution is 2.32. The maximum absolute atomic E-state index is 13.2. The van der Waals surface area contributed by atoms with Crippen LogP contribution in [-0.2, 0) is 20.2 Å². The van der Waals surface area contributed by atoms with Crippen LogP contribution in [-0.4, -0.2) is 31.8 Å². The molecule has 0 saturated carbocycles. The molecular weight excluding hydrogens is 464 g/mol. The molecule has 3 aromatic rings. The Labute approximate surface area is 188 Å². The van der Waals surface area contributed by atoms with Crippen LogP contribution in [0.15, 0.2) is 64.5 Å². The fraction of sp³-hybridized carbons (Fsp3) is 0.200. The molecule has 10 heteroatoms. The van der Waals surface area contributed by atoms with Crippen LogP contribution in [0.4, 0.5) is 5.13 Å². The van der Waals surface area contributed by atoms with Gasteiger partial charge in [-0.05, 0) is 49.6 Å². The first-order valence-electron chi connectivity index (χ1n) is 8.68. The van der Waals surface area contributed by atoms with Crippen LogP contribution in [0, 0.1) is 0 Å². The Morgan fingerprint density at radius 1 is 1.17 bits per heavy atom. The van der Waals surface area contributed by atoms with Crippen molar-refractivity contribution in [3.8, 4) is 5.75 Å². The average molecular weight is 483 g/mol. The van der Waals surface area contributed by atoms with Gasteiger partial charge in [0.05, 0.1) is 11.1 Å². The zero-order valence-electron chi connectivity index (χ0n) is 16.4. The first kappa shape index (κ1) is 22.6. The molecule has 2 aromatic carbocycles. The Bertz CT molecular complexity index is 1150. The number of ether oxygens (including phenoxy) is 1. The number of hydrogen-bond acceptors (Lipinski definition) is 7. The number of rotatable bonds is 7. The summed E-state index contributed by atoms with van der Waals surface area (Å²) in [5, 5.41) is 3.06. The van der Waals surface area contributed by atoms with Crippen LogP contribution in [0.2, 0.25) is 4.34 Å². The molecule has 6 nitrogen and oxygen atoms in total. The van der Waals surface area contributed by atoms with Gasteiger partial charge in [-0.1, -0.05) is 35.1 Å². The number of anilines is 1. The lowest BCUT2D eigenvalue weighted by molar-refractivity contribution is -0.130. The van der Waals surface area contributed by atoms with Crippen molar-refractivity contribution < 1.29 is 17.9 Å². The summed E-state index contributed by atoms with van der Waals surface area (Å²) in [6.07, 6.45) is 4.54. The monoisotopic (exact) mass is 482 g/mol. The van der Waals surface area contributed by atoms with Gasteiger partial charge >= 0.3 is 0 Å². The predicted octanol–water partition coefficient (Wildman–Crippen LogP) is 4.85. The van der Waals surface area contributed by atoms with Crippen LogP contribution in [0.1, 0.15) is 12.5 Å². The lowest BCUT2D eigenvalue weighted by Gasteiger charge is -2.30. The molecule has 0 bridgehead atoms. The van der Waals surface area contributed by atoms with E-state index in [2.05, 4.69) is 10.3 Å². The molecule has 0 aliphatic rings. The first-order chi connectivity index (χ1) is 14.1. The standard InChI is InChI=1S/C20H19ClN2O4S3/c1-20(18(24)23-19-22-12-17(21)29-19,27-14-6-8-15(28-2)9-7-14)13-4-10-16(11-5-13)30(3,25)26/h4-12H,1-3H3,(H,22,23,24). The molecule has 1 atom stereocenters. The van der Waals surface area contributed by atoms with Gasteiger partial charge in [0.15, 0.2) is 15.0 Å². The molecule has 3 rings (SSSR count). The normalized spacial score (nSPS) is 13.5. The van der Waals surface area contributed by atoms with Crippen molar-refractivity contribution in [2.45, 2.75) is 22.3 Å². The highest BCUT2D eigenvalue weighted by atomic mass is 35.5. The summed E-state index contributed by atoms with van der Waals surface area (Å²) in [6.45, 7) is 1.62. The summed E-state index contributed by atoms with van der Waals surface area (Å²) in [5.74, 6) is 0.0318. The summed E-state index contributed by atoms with van der Waals surface area (Å²) in [7, 11) is -3.36. The molecule has 0 saturated heterocycles. The molecule has 0 radical (unpaired) electrons. The summed E-state index contributed by atoms with van der Waals surface area (Å²) >= 11 is 8.63. The number of carbonyl (C=O) groups excluding carboxylic acids is 1. The van der Waals surface area contributed by atoms with E-state index in [-0.39, 0.29) is 4.90 Å². The Morgan fingerprint density at radius 2 is 1.80 bits per heavy atom. The lowest BCUT2D eigenvalue weighted by Crippen LogP contribution is -2.42. The van der Waals surface area contributed by atoms with Gasteiger partial charge in [0.1, 0.15) is 10.1 Å². The number of amides is 1. The number of carbonyl (C=O) groups is 1. The minimum Gasteiger partial charge on any atom is -0.473 e. The first-order valence-corrected chi connectivity index (χ1v) is 13.0. The van der Waals surface area contributed by atoms with E-state index in [1.165, 1.54) is 18.3 Å². The van der Waals surface area contributed by atoms with E-state index >= 15 is 0 Å². The predicted molar refractivity (Wildman–Crippen MR) is 122 cm³/mol. The molecule has 0 fully saturated rings. The van der Waals surface area contributed by atoms with Crippen molar-refractivity contribution in [3.05, 3.63) is 64.6 Å². The van der Waals surface area contributed by atoms with Crippen molar-refractivity contribution in [2.75, 3.05) is 17.8 Å². The highest BCUT2D eigenvalue weighted by molar-refractivity contribution is 7.98. The van der Waals surface area contributed by atoms with Crippen LogP contribution >= 0.6 is 34.7 Å². The second kappa shape index (κ2) is 8.97. The maximum Gasteiger partial charge on any atom is 0.274 e. The van der Waals surface area contributed by atoms with Crippen molar-refractivity contribution in [1.29, 1.82) is 0 Å². The second-order valence-electron chi connectivity index (χ2n) is 6.53.